The number of carbonyl (C=O) groups is 1. The second-order valence-corrected chi connectivity index (χ2v) is 10.8. The van der Waals surface area contributed by atoms with Gasteiger partial charge in [-0.05, 0) is 42.7 Å². The van der Waals surface area contributed by atoms with Crippen molar-refractivity contribution in [2.24, 2.45) is 0 Å². The number of hydrogen-bond donors (Lipinski definition) is 0. The van der Waals surface area contributed by atoms with E-state index < -0.39 is 27.8 Å². The van der Waals surface area contributed by atoms with Crippen LogP contribution in [0.15, 0.2) is 59.5 Å². The highest BCUT2D eigenvalue weighted by atomic mass is 32.2. The fraction of sp³-hybridized carbons (Fsp3) is 0.480. The highest BCUT2D eigenvalue weighted by molar-refractivity contribution is 7.89. The molecular weight excluding hydrogens is 456 g/mol. The molecule has 1 atom stereocenters. The molecule has 3 saturated heterocycles. The highest BCUT2D eigenvalue weighted by Crippen LogP contribution is 2.34. The maximum atomic E-state index is 13.4. The molecule has 2 aromatic carbocycles. The van der Waals surface area contributed by atoms with Crippen molar-refractivity contribution in [3.05, 3.63) is 60.2 Å². The summed E-state index contributed by atoms with van der Waals surface area (Å²) in [6.45, 7) is 3.30. The van der Waals surface area contributed by atoms with Crippen molar-refractivity contribution >= 4 is 21.7 Å². The van der Waals surface area contributed by atoms with Gasteiger partial charge in [-0.25, -0.2) is 8.42 Å². The molecule has 5 rings (SSSR count). The zero-order chi connectivity index (χ0) is 23.6. The van der Waals surface area contributed by atoms with Crippen LogP contribution in [0.3, 0.4) is 0 Å². The second kappa shape index (κ2) is 9.65. The van der Waals surface area contributed by atoms with Crippen LogP contribution in [0.1, 0.15) is 31.2 Å². The van der Waals surface area contributed by atoms with Gasteiger partial charge >= 0.3 is 5.97 Å². The van der Waals surface area contributed by atoms with Crippen molar-refractivity contribution in [3.8, 4) is 0 Å². The van der Waals surface area contributed by atoms with Crippen LogP contribution < -0.4 is 4.90 Å². The summed E-state index contributed by atoms with van der Waals surface area (Å²) < 4.78 is 45.0. The Kier molecular flexibility index (Phi) is 6.61. The third kappa shape index (κ3) is 4.70. The number of benzene rings is 2. The average molecular weight is 487 g/mol. The second-order valence-electron chi connectivity index (χ2n) is 8.96. The van der Waals surface area contributed by atoms with Gasteiger partial charge in [0.2, 0.25) is 10.0 Å². The Morgan fingerprint density at radius 1 is 0.971 bits per heavy atom. The zero-order valence-corrected chi connectivity index (χ0v) is 19.9. The van der Waals surface area contributed by atoms with Gasteiger partial charge in [0.1, 0.15) is 12.6 Å². The minimum absolute atomic E-state index is 0.131. The van der Waals surface area contributed by atoms with Crippen molar-refractivity contribution < 1.29 is 27.4 Å². The fourth-order valence-electron chi connectivity index (χ4n) is 4.94. The molecule has 0 unspecified atom stereocenters. The van der Waals surface area contributed by atoms with Gasteiger partial charge in [0, 0.05) is 38.2 Å². The number of hydrogen-bond acceptors (Lipinski definition) is 7. The van der Waals surface area contributed by atoms with E-state index >= 15 is 0 Å². The third-order valence-corrected chi connectivity index (χ3v) is 8.77. The molecule has 1 spiro atoms. The monoisotopic (exact) mass is 486 g/mol. The summed E-state index contributed by atoms with van der Waals surface area (Å²) >= 11 is 0. The first-order valence-corrected chi connectivity index (χ1v) is 13.3. The van der Waals surface area contributed by atoms with Gasteiger partial charge < -0.3 is 19.1 Å². The number of nitrogens with zero attached hydrogens (tertiary/aromatic N) is 2. The topological polar surface area (TPSA) is 85.4 Å². The number of piperidine rings is 1. The zero-order valence-electron chi connectivity index (χ0n) is 19.1. The van der Waals surface area contributed by atoms with E-state index in [0.29, 0.717) is 32.6 Å². The van der Waals surface area contributed by atoms with E-state index in [2.05, 4.69) is 4.90 Å². The summed E-state index contributed by atoms with van der Waals surface area (Å²) in [6.07, 6.45) is 2.66. The summed E-state index contributed by atoms with van der Waals surface area (Å²) in [5.41, 5.74) is 1.83. The molecule has 0 radical (unpaired) electrons. The van der Waals surface area contributed by atoms with Crippen LogP contribution in [0.4, 0.5) is 5.69 Å². The molecule has 3 aliphatic rings. The molecule has 0 aliphatic carbocycles. The van der Waals surface area contributed by atoms with Crippen molar-refractivity contribution in [3.63, 3.8) is 0 Å². The highest BCUT2D eigenvalue weighted by Gasteiger charge is 2.41. The first kappa shape index (κ1) is 23.3. The Morgan fingerprint density at radius 2 is 1.65 bits per heavy atom. The molecule has 3 aliphatic heterocycles. The van der Waals surface area contributed by atoms with E-state index in [-0.39, 0.29) is 11.5 Å². The molecule has 0 bridgehead atoms. The normalized spacial score (nSPS) is 22.8. The lowest BCUT2D eigenvalue weighted by atomic mass is 10.0. The van der Waals surface area contributed by atoms with Gasteiger partial charge in [0.15, 0.2) is 5.79 Å². The summed E-state index contributed by atoms with van der Waals surface area (Å²) in [5.74, 6) is -0.945. The molecule has 0 N–H and O–H groups in total. The van der Waals surface area contributed by atoms with Crippen molar-refractivity contribution in [1.29, 1.82) is 0 Å². The van der Waals surface area contributed by atoms with Gasteiger partial charge in [0.25, 0.3) is 0 Å². The van der Waals surface area contributed by atoms with Gasteiger partial charge in [-0.15, -0.1) is 0 Å². The summed E-state index contributed by atoms with van der Waals surface area (Å²) in [6, 6.07) is 15.5. The summed E-state index contributed by atoms with van der Waals surface area (Å²) in [5, 5.41) is 0. The number of esters is 1. The van der Waals surface area contributed by atoms with Crippen LogP contribution >= 0.6 is 0 Å². The van der Waals surface area contributed by atoms with Crippen LogP contribution in [0.2, 0.25) is 0 Å². The summed E-state index contributed by atoms with van der Waals surface area (Å²) in [4.78, 5) is 15.1. The largest absolute Gasteiger partial charge is 0.460 e. The van der Waals surface area contributed by atoms with Gasteiger partial charge in [0.05, 0.1) is 18.1 Å². The first-order valence-electron chi connectivity index (χ1n) is 11.8. The quantitative estimate of drug-likeness (QED) is 0.581. The molecule has 8 nitrogen and oxygen atoms in total. The maximum absolute atomic E-state index is 13.4. The Bertz CT molecular complexity index is 1090. The minimum atomic E-state index is -3.81. The maximum Gasteiger partial charge on any atom is 0.324 e. The van der Waals surface area contributed by atoms with Gasteiger partial charge in [-0.3, -0.25) is 4.79 Å². The average Bonchev–Trinajstić information content (AvgIpc) is 3.55. The molecule has 0 amide bonds. The van der Waals surface area contributed by atoms with Crippen molar-refractivity contribution in [1.82, 2.24) is 4.31 Å². The van der Waals surface area contributed by atoms with Crippen molar-refractivity contribution in [2.45, 2.75) is 49.0 Å². The van der Waals surface area contributed by atoms with Crippen LogP contribution in [-0.4, -0.2) is 63.4 Å². The number of sulfonamides is 1. The van der Waals surface area contributed by atoms with Crippen LogP contribution in [0, 0.1) is 0 Å². The molecule has 0 aromatic heterocycles. The van der Waals surface area contributed by atoms with Crippen molar-refractivity contribution in [2.75, 3.05) is 37.7 Å². The standard InChI is InChI=1S/C25H30N2O6S/c28-24(31-19-20-5-2-1-3-6-20)23-7-4-14-27(23)34(29,30)22-10-8-21(9-11-22)26-15-12-25(13-16-26)32-17-18-33-25/h1-3,5-6,8-11,23H,4,7,12-19H2/t23-/m0/s1. The Balaban J connectivity index is 1.23. The molecule has 34 heavy (non-hydrogen) atoms. The molecule has 3 heterocycles. The minimum Gasteiger partial charge on any atom is -0.460 e. The number of anilines is 1. The number of rotatable bonds is 6. The van der Waals surface area contributed by atoms with E-state index in [9.17, 15) is 13.2 Å². The lowest BCUT2D eigenvalue weighted by Gasteiger charge is -2.38. The predicted molar refractivity (Wildman–Crippen MR) is 126 cm³/mol. The first-order chi connectivity index (χ1) is 16.5. The number of ether oxygens (including phenoxy) is 3. The van der Waals surface area contributed by atoms with E-state index in [1.54, 1.807) is 12.1 Å². The van der Waals surface area contributed by atoms with Crippen LogP contribution in [0.5, 0.6) is 0 Å². The van der Waals surface area contributed by atoms with Gasteiger partial charge in [-0.1, -0.05) is 30.3 Å². The predicted octanol–water partition coefficient (Wildman–Crippen LogP) is 2.93. The molecule has 2 aromatic rings. The van der Waals surface area contributed by atoms with E-state index in [1.807, 2.05) is 42.5 Å². The Morgan fingerprint density at radius 3 is 2.32 bits per heavy atom. The Hall–Kier alpha value is -2.46. The molecular formula is C25H30N2O6S. The van der Waals surface area contributed by atoms with E-state index in [0.717, 1.165) is 37.2 Å². The number of carbonyl (C=O) groups excluding carboxylic acids is 1. The lowest BCUT2D eigenvalue weighted by Crippen LogP contribution is -2.45. The molecule has 9 heteroatoms. The summed E-state index contributed by atoms with van der Waals surface area (Å²) in [7, 11) is -3.81. The van der Waals surface area contributed by atoms with E-state index in [1.165, 1.54) is 4.31 Å². The third-order valence-electron chi connectivity index (χ3n) is 6.85. The molecule has 0 saturated carbocycles. The van der Waals surface area contributed by atoms with Crippen LogP contribution in [-0.2, 0) is 35.6 Å². The molecule has 182 valence electrons. The van der Waals surface area contributed by atoms with E-state index in [4.69, 9.17) is 14.2 Å². The molecule has 3 fully saturated rings. The smallest absolute Gasteiger partial charge is 0.324 e. The fourth-order valence-corrected chi connectivity index (χ4v) is 6.59. The van der Waals surface area contributed by atoms with Gasteiger partial charge in [-0.2, -0.15) is 4.31 Å². The lowest BCUT2D eigenvalue weighted by molar-refractivity contribution is -0.169. The SMILES string of the molecule is O=C(OCc1ccccc1)[C@@H]1CCCN1S(=O)(=O)c1ccc(N2CCC3(CC2)OCCO3)cc1. The van der Waals surface area contributed by atoms with Crippen LogP contribution in [0.25, 0.3) is 0 Å². The Labute approximate surface area is 200 Å².